The van der Waals surface area contributed by atoms with Crippen molar-refractivity contribution >= 4 is 6.09 Å². The molecule has 0 radical (unpaired) electrons. The number of likely N-dealkylation sites (tertiary alicyclic amines) is 1. The topological polar surface area (TPSA) is 72.8 Å². The molecule has 0 bridgehead atoms. The number of nitrogens with one attached hydrogen (secondary N) is 1. The number of piperidine rings is 1. The Kier molecular flexibility index (Phi) is 4.98. The third-order valence-corrected chi connectivity index (χ3v) is 4.00. The van der Waals surface area contributed by atoms with Gasteiger partial charge in [-0.1, -0.05) is 30.3 Å². The molecule has 5 nitrogen and oxygen atoms in total. The number of benzene rings is 1. The maximum atomic E-state index is 11.0. The van der Waals surface area contributed by atoms with Crippen LogP contribution in [-0.4, -0.2) is 46.9 Å². The molecule has 1 amide bonds. The summed E-state index contributed by atoms with van der Waals surface area (Å²) >= 11 is 0. The highest BCUT2D eigenvalue weighted by molar-refractivity contribution is 5.65. The lowest BCUT2D eigenvalue weighted by Crippen LogP contribution is -2.52. The predicted molar refractivity (Wildman–Crippen MR) is 76.6 cm³/mol. The van der Waals surface area contributed by atoms with Crippen LogP contribution >= 0.6 is 0 Å². The van der Waals surface area contributed by atoms with Gasteiger partial charge in [-0.05, 0) is 18.9 Å². The van der Waals surface area contributed by atoms with Gasteiger partial charge in [-0.15, -0.1) is 0 Å². The van der Waals surface area contributed by atoms with E-state index in [1.165, 1.54) is 10.5 Å². The van der Waals surface area contributed by atoms with Crippen molar-refractivity contribution in [2.45, 2.75) is 25.4 Å². The van der Waals surface area contributed by atoms with Gasteiger partial charge < -0.3 is 20.4 Å². The number of rotatable bonds is 4. The number of aliphatic hydroxyl groups is 1. The van der Waals surface area contributed by atoms with E-state index in [1.54, 1.807) is 0 Å². The van der Waals surface area contributed by atoms with Crippen molar-refractivity contribution in [2.75, 3.05) is 19.7 Å². The molecule has 110 valence electrons. The fraction of sp³-hybridized carbons (Fsp3) is 0.533. The van der Waals surface area contributed by atoms with Gasteiger partial charge in [0.05, 0.1) is 0 Å². The minimum absolute atomic E-state index is 0.00293. The van der Waals surface area contributed by atoms with Crippen LogP contribution in [0.3, 0.4) is 0 Å². The summed E-state index contributed by atoms with van der Waals surface area (Å²) in [6.07, 6.45) is -0.174. The molecule has 1 aliphatic heterocycles. The van der Waals surface area contributed by atoms with Crippen molar-refractivity contribution in [3.05, 3.63) is 35.9 Å². The zero-order valence-electron chi connectivity index (χ0n) is 11.7. The highest BCUT2D eigenvalue weighted by Gasteiger charge is 2.31. The maximum Gasteiger partial charge on any atom is 0.407 e. The number of hydrogen-bond donors (Lipinski definition) is 3. The first-order valence-electron chi connectivity index (χ1n) is 7.01. The first-order chi connectivity index (χ1) is 9.61. The Bertz CT molecular complexity index is 438. The maximum absolute atomic E-state index is 11.0. The van der Waals surface area contributed by atoms with Crippen molar-refractivity contribution in [3.8, 4) is 0 Å². The number of aliphatic hydroxyl groups excluding tert-OH is 1. The van der Waals surface area contributed by atoms with Crippen LogP contribution in [0.4, 0.5) is 4.79 Å². The van der Waals surface area contributed by atoms with Crippen LogP contribution in [0.2, 0.25) is 0 Å². The van der Waals surface area contributed by atoms with Gasteiger partial charge >= 0.3 is 6.09 Å². The second-order valence-corrected chi connectivity index (χ2v) is 5.37. The van der Waals surface area contributed by atoms with Gasteiger partial charge in [0.2, 0.25) is 0 Å². The van der Waals surface area contributed by atoms with Gasteiger partial charge in [0.25, 0.3) is 0 Å². The molecule has 0 saturated carbocycles. The molecule has 0 aliphatic carbocycles. The Balaban J connectivity index is 1.97. The number of carbonyl (C=O) groups is 1. The Labute approximate surface area is 119 Å². The van der Waals surface area contributed by atoms with Crippen LogP contribution < -0.4 is 5.32 Å². The summed E-state index contributed by atoms with van der Waals surface area (Å²) < 4.78 is 0. The summed E-state index contributed by atoms with van der Waals surface area (Å²) in [5.41, 5.74) is 1.20. The Hall–Kier alpha value is -1.59. The van der Waals surface area contributed by atoms with Gasteiger partial charge in [-0.3, -0.25) is 0 Å². The van der Waals surface area contributed by atoms with E-state index in [0.29, 0.717) is 13.1 Å². The molecule has 3 unspecified atom stereocenters. The van der Waals surface area contributed by atoms with Gasteiger partial charge in [0, 0.05) is 37.7 Å². The highest BCUT2D eigenvalue weighted by atomic mass is 16.4. The molecule has 1 aliphatic rings. The molecule has 20 heavy (non-hydrogen) atoms. The van der Waals surface area contributed by atoms with Gasteiger partial charge in [-0.25, -0.2) is 4.79 Å². The summed E-state index contributed by atoms with van der Waals surface area (Å²) in [4.78, 5) is 12.4. The van der Waals surface area contributed by atoms with Crippen LogP contribution in [-0.2, 0) is 0 Å². The number of nitrogens with zero attached hydrogens (tertiary/aromatic N) is 1. The Morgan fingerprint density at radius 2 is 2.15 bits per heavy atom. The van der Waals surface area contributed by atoms with Crippen molar-refractivity contribution in [1.82, 2.24) is 10.2 Å². The van der Waals surface area contributed by atoms with Crippen molar-refractivity contribution in [2.24, 2.45) is 5.92 Å². The third-order valence-electron chi connectivity index (χ3n) is 4.00. The highest BCUT2D eigenvalue weighted by Crippen LogP contribution is 2.21. The Morgan fingerprint density at radius 1 is 1.45 bits per heavy atom. The molecule has 0 aromatic heterocycles. The van der Waals surface area contributed by atoms with Crippen molar-refractivity contribution < 1.29 is 15.0 Å². The van der Waals surface area contributed by atoms with E-state index >= 15 is 0 Å². The van der Waals surface area contributed by atoms with E-state index < -0.39 is 6.09 Å². The van der Waals surface area contributed by atoms with Crippen LogP contribution in [0.1, 0.15) is 24.9 Å². The SMILES string of the molecule is CC(NC1CCN(C(=O)O)CC1CO)c1ccccc1. The lowest BCUT2D eigenvalue weighted by atomic mass is 9.91. The van der Waals surface area contributed by atoms with E-state index in [0.717, 1.165) is 6.42 Å². The standard InChI is InChI=1S/C15H22N2O3/c1-11(12-5-3-2-4-6-12)16-14-7-8-17(15(19)20)9-13(14)10-18/h2-6,11,13-14,16,18H,7-10H2,1H3,(H,19,20). The zero-order chi connectivity index (χ0) is 14.5. The van der Waals surface area contributed by atoms with Crippen molar-refractivity contribution in [3.63, 3.8) is 0 Å². The molecule has 3 N–H and O–H groups in total. The zero-order valence-corrected chi connectivity index (χ0v) is 11.7. The van der Waals surface area contributed by atoms with E-state index in [-0.39, 0.29) is 24.6 Å². The average molecular weight is 278 g/mol. The largest absolute Gasteiger partial charge is 0.465 e. The number of amides is 1. The molecule has 1 heterocycles. The Morgan fingerprint density at radius 3 is 2.75 bits per heavy atom. The quantitative estimate of drug-likeness (QED) is 0.784. The van der Waals surface area contributed by atoms with Crippen molar-refractivity contribution in [1.29, 1.82) is 0 Å². The van der Waals surface area contributed by atoms with Gasteiger partial charge in [0.1, 0.15) is 0 Å². The van der Waals surface area contributed by atoms with E-state index in [2.05, 4.69) is 24.4 Å². The second-order valence-electron chi connectivity index (χ2n) is 5.37. The molecule has 3 atom stereocenters. The average Bonchev–Trinajstić information content (AvgIpc) is 2.48. The molecule has 1 saturated heterocycles. The van der Waals surface area contributed by atoms with Crippen LogP contribution in [0, 0.1) is 5.92 Å². The molecule has 5 heteroatoms. The first-order valence-corrected chi connectivity index (χ1v) is 7.01. The summed E-state index contributed by atoms with van der Waals surface area (Å²) in [5, 5.41) is 22.0. The second kappa shape index (κ2) is 6.72. The molecular formula is C15H22N2O3. The molecule has 1 fully saturated rings. The van der Waals surface area contributed by atoms with E-state index in [1.807, 2.05) is 18.2 Å². The molecule has 1 aromatic rings. The summed E-state index contributed by atoms with van der Waals surface area (Å²) in [7, 11) is 0. The van der Waals surface area contributed by atoms with Crippen LogP contribution in [0.5, 0.6) is 0 Å². The molecule has 2 rings (SSSR count). The third kappa shape index (κ3) is 3.49. The van der Waals surface area contributed by atoms with E-state index in [9.17, 15) is 9.90 Å². The minimum Gasteiger partial charge on any atom is -0.465 e. The molecule has 1 aromatic carbocycles. The molecular weight excluding hydrogens is 256 g/mol. The first kappa shape index (κ1) is 14.8. The number of carboxylic acid groups (broad SMARTS) is 1. The fourth-order valence-electron chi connectivity index (χ4n) is 2.77. The smallest absolute Gasteiger partial charge is 0.407 e. The van der Waals surface area contributed by atoms with Crippen LogP contribution in [0.25, 0.3) is 0 Å². The lowest BCUT2D eigenvalue weighted by molar-refractivity contribution is 0.0779. The lowest BCUT2D eigenvalue weighted by Gasteiger charge is -2.38. The normalized spacial score (nSPS) is 24.4. The predicted octanol–water partition coefficient (Wildman–Crippen LogP) is 1.70. The van der Waals surface area contributed by atoms with Gasteiger partial charge in [0.15, 0.2) is 0 Å². The summed E-state index contributed by atoms with van der Waals surface area (Å²) in [6, 6.07) is 10.5. The fourth-order valence-corrected chi connectivity index (χ4v) is 2.77. The monoisotopic (exact) mass is 278 g/mol. The molecule has 0 spiro atoms. The van der Waals surface area contributed by atoms with Crippen LogP contribution in [0.15, 0.2) is 30.3 Å². The summed E-state index contributed by atoms with van der Waals surface area (Å²) in [6.45, 7) is 3.01. The summed E-state index contributed by atoms with van der Waals surface area (Å²) in [5.74, 6) is -0.0500. The van der Waals surface area contributed by atoms with Gasteiger partial charge in [-0.2, -0.15) is 0 Å². The van der Waals surface area contributed by atoms with E-state index in [4.69, 9.17) is 5.11 Å². The minimum atomic E-state index is -0.905. The number of hydrogen-bond acceptors (Lipinski definition) is 3.